The van der Waals surface area contributed by atoms with Crippen LogP contribution in [0.2, 0.25) is 0 Å². The highest BCUT2D eigenvalue weighted by Crippen LogP contribution is 2.35. The molecule has 2 unspecified atom stereocenters. The van der Waals surface area contributed by atoms with Crippen molar-refractivity contribution in [2.45, 2.75) is 71.8 Å². The SMILES string of the molecule is CCC1CC(Nc2cc(C(F)(F)F)cc(C(=O)NCc3c(C)cc(C)[nH]c3=O)c2C)CCN1C. The molecule has 0 aliphatic carbocycles. The van der Waals surface area contributed by atoms with Crippen molar-refractivity contribution in [2.75, 3.05) is 18.9 Å². The van der Waals surface area contributed by atoms with Gasteiger partial charge in [0.2, 0.25) is 0 Å². The minimum absolute atomic E-state index is 0.0213. The molecule has 0 spiro atoms. The predicted octanol–water partition coefficient (Wildman–Crippen LogP) is 4.53. The summed E-state index contributed by atoms with van der Waals surface area (Å²) < 4.78 is 41.0. The van der Waals surface area contributed by atoms with E-state index in [1.807, 2.05) is 0 Å². The van der Waals surface area contributed by atoms with Gasteiger partial charge in [-0.05, 0) is 76.4 Å². The number of rotatable bonds is 6. The topological polar surface area (TPSA) is 77.2 Å². The highest BCUT2D eigenvalue weighted by molar-refractivity contribution is 5.97. The van der Waals surface area contributed by atoms with E-state index in [1.54, 1.807) is 26.8 Å². The van der Waals surface area contributed by atoms with Crippen molar-refractivity contribution in [1.82, 2.24) is 15.2 Å². The van der Waals surface area contributed by atoms with E-state index in [0.717, 1.165) is 37.9 Å². The van der Waals surface area contributed by atoms with E-state index in [2.05, 4.69) is 34.5 Å². The molecule has 0 bridgehead atoms. The lowest BCUT2D eigenvalue weighted by molar-refractivity contribution is -0.137. The molecular formula is C25H33F3N4O2. The zero-order chi connectivity index (χ0) is 25.2. The van der Waals surface area contributed by atoms with Crippen LogP contribution >= 0.6 is 0 Å². The molecule has 2 atom stereocenters. The van der Waals surface area contributed by atoms with Crippen molar-refractivity contribution in [3.05, 3.63) is 62.1 Å². The largest absolute Gasteiger partial charge is 0.416 e. The molecule has 0 radical (unpaired) electrons. The molecule has 186 valence electrons. The number of carbonyl (C=O) groups is 1. The van der Waals surface area contributed by atoms with Crippen LogP contribution in [0.3, 0.4) is 0 Å². The number of piperidine rings is 1. The summed E-state index contributed by atoms with van der Waals surface area (Å²) in [6.07, 6.45) is -2.01. The summed E-state index contributed by atoms with van der Waals surface area (Å²) >= 11 is 0. The molecule has 1 aliphatic rings. The van der Waals surface area contributed by atoms with E-state index >= 15 is 0 Å². The van der Waals surface area contributed by atoms with Crippen LogP contribution in [0.25, 0.3) is 0 Å². The molecule has 2 heterocycles. The molecule has 2 aromatic rings. The molecule has 3 N–H and O–H groups in total. The van der Waals surface area contributed by atoms with Gasteiger partial charge in [-0.2, -0.15) is 13.2 Å². The van der Waals surface area contributed by atoms with E-state index in [-0.39, 0.29) is 23.7 Å². The lowest BCUT2D eigenvalue weighted by Gasteiger charge is -2.37. The predicted molar refractivity (Wildman–Crippen MR) is 127 cm³/mol. The molecule has 1 aliphatic heterocycles. The van der Waals surface area contributed by atoms with Crippen LogP contribution in [0.4, 0.5) is 18.9 Å². The monoisotopic (exact) mass is 478 g/mol. The Balaban J connectivity index is 1.88. The van der Waals surface area contributed by atoms with Gasteiger partial charge in [-0.3, -0.25) is 9.59 Å². The van der Waals surface area contributed by atoms with Crippen LogP contribution in [0.1, 0.15) is 64.5 Å². The van der Waals surface area contributed by atoms with Crippen molar-refractivity contribution in [2.24, 2.45) is 0 Å². The summed E-state index contributed by atoms with van der Waals surface area (Å²) in [4.78, 5) is 30.2. The number of likely N-dealkylation sites (tertiary alicyclic amines) is 1. The van der Waals surface area contributed by atoms with E-state index < -0.39 is 17.6 Å². The quantitative estimate of drug-likeness (QED) is 0.570. The van der Waals surface area contributed by atoms with Crippen molar-refractivity contribution in [3.63, 3.8) is 0 Å². The fourth-order valence-corrected chi connectivity index (χ4v) is 4.63. The minimum atomic E-state index is -4.59. The van der Waals surface area contributed by atoms with E-state index in [4.69, 9.17) is 0 Å². The van der Waals surface area contributed by atoms with Crippen LogP contribution < -0.4 is 16.2 Å². The lowest BCUT2D eigenvalue weighted by atomic mass is 9.94. The molecule has 6 nitrogen and oxygen atoms in total. The highest BCUT2D eigenvalue weighted by atomic mass is 19.4. The van der Waals surface area contributed by atoms with Crippen LogP contribution in [0.5, 0.6) is 0 Å². The van der Waals surface area contributed by atoms with Gasteiger partial charge >= 0.3 is 6.18 Å². The van der Waals surface area contributed by atoms with Crippen LogP contribution in [-0.4, -0.2) is 41.5 Å². The van der Waals surface area contributed by atoms with Crippen molar-refractivity contribution in [1.29, 1.82) is 0 Å². The number of carbonyl (C=O) groups excluding carboxylic acids is 1. The number of aryl methyl sites for hydroxylation is 2. The molecule has 1 saturated heterocycles. The van der Waals surface area contributed by atoms with Gasteiger partial charge in [-0.25, -0.2) is 0 Å². The smallest absolute Gasteiger partial charge is 0.382 e. The van der Waals surface area contributed by atoms with Crippen LogP contribution in [0.15, 0.2) is 23.0 Å². The fourth-order valence-electron chi connectivity index (χ4n) is 4.63. The standard InChI is InChI=1S/C25H33F3N4O2/c1-6-19-12-18(7-8-32(19)5)31-22-11-17(25(26,27)28)10-20(16(22)4)23(33)29-13-21-14(2)9-15(3)30-24(21)34/h9-11,18-19,31H,6-8,12-13H2,1-5H3,(H,29,33)(H,30,34). The summed E-state index contributed by atoms with van der Waals surface area (Å²) in [5.74, 6) is -0.652. The third-order valence-corrected chi connectivity index (χ3v) is 6.74. The Morgan fingerprint density at radius 2 is 1.91 bits per heavy atom. The molecule has 0 saturated carbocycles. The van der Waals surface area contributed by atoms with Gasteiger partial charge in [0.25, 0.3) is 11.5 Å². The first-order chi connectivity index (χ1) is 15.9. The Hall–Kier alpha value is -2.81. The molecule has 1 fully saturated rings. The number of anilines is 1. The second-order valence-corrected chi connectivity index (χ2v) is 9.23. The zero-order valence-corrected chi connectivity index (χ0v) is 20.3. The van der Waals surface area contributed by atoms with Crippen molar-refractivity contribution in [3.8, 4) is 0 Å². The van der Waals surface area contributed by atoms with Gasteiger partial charge < -0.3 is 20.5 Å². The normalized spacial score (nSPS) is 19.2. The number of pyridine rings is 1. The Bertz CT molecular complexity index is 1110. The minimum Gasteiger partial charge on any atom is -0.382 e. The average Bonchev–Trinajstić information content (AvgIpc) is 2.74. The zero-order valence-electron chi connectivity index (χ0n) is 20.3. The number of benzene rings is 1. The number of halogens is 3. The van der Waals surface area contributed by atoms with Gasteiger partial charge in [0.05, 0.1) is 5.56 Å². The summed E-state index contributed by atoms with van der Waals surface area (Å²) in [6.45, 7) is 8.03. The van der Waals surface area contributed by atoms with E-state index in [1.165, 1.54) is 0 Å². The number of alkyl halides is 3. The number of aromatic nitrogens is 1. The van der Waals surface area contributed by atoms with Gasteiger partial charge in [0, 0.05) is 47.7 Å². The van der Waals surface area contributed by atoms with Gasteiger partial charge in [-0.15, -0.1) is 0 Å². The molecule has 1 aromatic heterocycles. The maximum atomic E-state index is 13.7. The molecule has 3 rings (SSSR count). The first kappa shape index (κ1) is 25.8. The van der Waals surface area contributed by atoms with Crippen LogP contribution in [-0.2, 0) is 12.7 Å². The highest BCUT2D eigenvalue weighted by Gasteiger charge is 2.33. The maximum absolute atomic E-state index is 13.7. The first-order valence-corrected chi connectivity index (χ1v) is 11.6. The summed E-state index contributed by atoms with van der Waals surface area (Å²) in [7, 11) is 2.06. The molecule has 9 heteroatoms. The van der Waals surface area contributed by atoms with Gasteiger partial charge in [0.15, 0.2) is 0 Å². The molecular weight excluding hydrogens is 445 g/mol. The molecule has 1 aromatic carbocycles. The molecule has 34 heavy (non-hydrogen) atoms. The molecule has 1 amide bonds. The average molecular weight is 479 g/mol. The summed E-state index contributed by atoms with van der Waals surface area (Å²) in [6, 6.07) is 4.13. The van der Waals surface area contributed by atoms with E-state index in [9.17, 15) is 22.8 Å². The van der Waals surface area contributed by atoms with Gasteiger partial charge in [-0.1, -0.05) is 6.92 Å². The number of amides is 1. The number of hydrogen-bond donors (Lipinski definition) is 3. The Kier molecular flexibility index (Phi) is 7.75. The number of hydrogen-bond acceptors (Lipinski definition) is 4. The third-order valence-electron chi connectivity index (χ3n) is 6.74. The Labute approximate surface area is 197 Å². The number of H-pyrrole nitrogens is 1. The number of aromatic amines is 1. The van der Waals surface area contributed by atoms with Crippen molar-refractivity contribution >= 4 is 11.6 Å². The Morgan fingerprint density at radius 1 is 1.21 bits per heavy atom. The van der Waals surface area contributed by atoms with Crippen LogP contribution in [0, 0.1) is 20.8 Å². The Morgan fingerprint density at radius 3 is 2.53 bits per heavy atom. The number of nitrogens with zero attached hydrogens (tertiary/aromatic N) is 1. The maximum Gasteiger partial charge on any atom is 0.416 e. The fraction of sp³-hybridized carbons (Fsp3) is 0.520. The summed E-state index contributed by atoms with van der Waals surface area (Å²) in [5.41, 5.74) is 1.28. The third kappa shape index (κ3) is 5.81. The lowest BCUT2D eigenvalue weighted by Crippen LogP contribution is -2.44. The second kappa shape index (κ2) is 10.2. The second-order valence-electron chi connectivity index (χ2n) is 9.23. The summed E-state index contributed by atoms with van der Waals surface area (Å²) in [5, 5.41) is 5.91. The first-order valence-electron chi connectivity index (χ1n) is 11.6. The van der Waals surface area contributed by atoms with Gasteiger partial charge in [0.1, 0.15) is 0 Å². The number of nitrogens with one attached hydrogen (secondary N) is 3. The van der Waals surface area contributed by atoms with Crippen molar-refractivity contribution < 1.29 is 18.0 Å². The van der Waals surface area contributed by atoms with E-state index in [0.29, 0.717) is 34.1 Å².